The van der Waals surface area contributed by atoms with Crippen LogP contribution in [-0.4, -0.2) is 17.4 Å². The van der Waals surface area contributed by atoms with Crippen LogP contribution in [0.25, 0.3) is 0 Å². The van der Waals surface area contributed by atoms with E-state index in [1.807, 2.05) is 0 Å². The predicted octanol–water partition coefficient (Wildman–Crippen LogP) is 0.851. The molecule has 0 atom stereocenters. The van der Waals surface area contributed by atoms with Crippen molar-refractivity contribution in [2.75, 3.05) is 5.32 Å². The molecule has 17 heavy (non-hydrogen) atoms. The van der Waals surface area contributed by atoms with Crippen molar-refractivity contribution in [2.24, 2.45) is 11.5 Å². The standard InChI is InChI=1S/C12H17N3O2/c1-12(2,14)7-10(16)15-9-5-3-8(4-6-9)11(13)17/h3-6H,7,14H2,1-2H3,(H2,13,17)(H,15,16). The Morgan fingerprint density at radius 2 is 1.76 bits per heavy atom. The third-order valence-corrected chi connectivity index (χ3v) is 2.07. The highest BCUT2D eigenvalue weighted by atomic mass is 16.2. The molecule has 0 saturated carbocycles. The lowest BCUT2D eigenvalue weighted by molar-refractivity contribution is -0.117. The normalized spacial score (nSPS) is 11.0. The van der Waals surface area contributed by atoms with Crippen LogP contribution in [0.3, 0.4) is 0 Å². The number of carbonyl (C=O) groups excluding carboxylic acids is 2. The number of hydrogen-bond donors (Lipinski definition) is 3. The number of amides is 2. The summed E-state index contributed by atoms with van der Waals surface area (Å²) in [7, 11) is 0. The Balaban J connectivity index is 2.64. The molecule has 0 bridgehead atoms. The van der Waals surface area contributed by atoms with Crippen LogP contribution in [0.2, 0.25) is 0 Å². The Labute approximate surface area is 100 Å². The minimum Gasteiger partial charge on any atom is -0.366 e. The predicted molar refractivity (Wildman–Crippen MR) is 66.5 cm³/mol. The fourth-order valence-electron chi connectivity index (χ4n) is 1.34. The Morgan fingerprint density at radius 1 is 1.24 bits per heavy atom. The van der Waals surface area contributed by atoms with Crippen LogP contribution in [0.4, 0.5) is 5.69 Å². The first-order valence-electron chi connectivity index (χ1n) is 5.26. The fourth-order valence-corrected chi connectivity index (χ4v) is 1.34. The van der Waals surface area contributed by atoms with Gasteiger partial charge in [0, 0.05) is 23.2 Å². The Kier molecular flexibility index (Phi) is 3.85. The van der Waals surface area contributed by atoms with E-state index in [9.17, 15) is 9.59 Å². The average Bonchev–Trinajstić information content (AvgIpc) is 2.15. The van der Waals surface area contributed by atoms with Crippen LogP contribution < -0.4 is 16.8 Å². The van der Waals surface area contributed by atoms with E-state index in [0.717, 1.165) is 0 Å². The summed E-state index contributed by atoms with van der Waals surface area (Å²) in [5, 5.41) is 2.69. The van der Waals surface area contributed by atoms with Gasteiger partial charge in [-0.25, -0.2) is 0 Å². The first kappa shape index (κ1) is 13.2. The molecular formula is C12H17N3O2. The molecule has 1 aromatic carbocycles. The quantitative estimate of drug-likeness (QED) is 0.721. The smallest absolute Gasteiger partial charge is 0.248 e. The molecule has 0 spiro atoms. The molecule has 5 nitrogen and oxygen atoms in total. The third-order valence-electron chi connectivity index (χ3n) is 2.07. The van der Waals surface area contributed by atoms with Crippen molar-refractivity contribution in [1.82, 2.24) is 0 Å². The lowest BCUT2D eigenvalue weighted by Gasteiger charge is -2.17. The lowest BCUT2D eigenvalue weighted by atomic mass is 10.0. The number of carbonyl (C=O) groups is 2. The minimum absolute atomic E-state index is 0.163. The molecule has 1 rings (SSSR count). The van der Waals surface area contributed by atoms with E-state index in [1.165, 1.54) is 0 Å². The molecule has 92 valence electrons. The van der Waals surface area contributed by atoms with Crippen LogP contribution in [0.1, 0.15) is 30.6 Å². The van der Waals surface area contributed by atoms with Gasteiger partial charge in [-0.1, -0.05) is 0 Å². The van der Waals surface area contributed by atoms with Gasteiger partial charge in [0.2, 0.25) is 11.8 Å². The van der Waals surface area contributed by atoms with E-state index >= 15 is 0 Å². The van der Waals surface area contributed by atoms with Crippen LogP contribution in [-0.2, 0) is 4.79 Å². The van der Waals surface area contributed by atoms with Gasteiger partial charge in [0.25, 0.3) is 0 Å². The molecule has 0 aromatic heterocycles. The molecule has 2 amide bonds. The van der Waals surface area contributed by atoms with Gasteiger partial charge in [-0.05, 0) is 38.1 Å². The third kappa shape index (κ3) is 4.65. The summed E-state index contributed by atoms with van der Waals surface area (Å²) in [6.45, 7) is 3.56. The molecule has 0 aliphatic rings. The minimum atomic E-state index is -0.544. The molecule has 5 N–H and O–H groups in total. The van der Waals surface area contributed by atoms with E-state index < -0.39 is 11.4 Å². The molecule has 5 heteroatoms. The second-order valence-corrected chi connectivity index (χ2v) is 4.66. The van der Waals surface area contributed by atoms with Crippen molar-refractivity contribution >= 4 is 17.5 Å². The van der Waals surface area contributed by atoms with Gasteiger partial charge in [0.15, 0.2) is 0 Å². The number of hydrogen-bond acceptors (Lipinski definition) is 3. The molecule has 0 fully saturated rings. The van der Waals surface area contributed by atoms with Crippen molar-refractivity contribution in [3.63, 3.8) is 0 Å². The van der Waals surface area contributed by atoms with Gasteiger partial charge in [-0.2, -0.15) is 0 Å². The highest BCUT2D eigenvalue weighted by Crippen LogP contribution is 2.11. The van der Waals surface area contributed by atoms with Crippen LogP contribution in [0.15, 0.2) is 24.3 Å². The average molecular weight is 235 g/mol. The Hall–Kier alpha value is -1.88. The number of nitrogens with two attached hydrogens (primary N) is 2. The van der Waals surface area contributed by atoms with Gasteiger partial charge >= 0.3 is 0 Å². The second kappa shape index (κ2) is 4.97. The maximum Gasteiger partial charge on any atom is 0.248 e. The topological polar surface area (TPSA) is 98.2 Å². The Bertz CT molecular complexity index is 418. The van der Waals surface area contributed by atoms with Crippen LogP contribution in [0.5, 0.6) is 0 Å². The highest BCUT2D eigenvalue weighted by molar-refractivity contribution is 5.95. The maximum absolute atomic E-state index is 11.6. The number of rotatable bonds is 4. The molecule has 0 radical (unpaired) electrons. The Morgan fingerprint density at radius 3 is 2.18 bits per heavy atom. The van der Waals surface area contributed by atoms with Gasteiger partial charge in [0.05, 0.1) is 0 Å². The summed E-state index contributed by atoms with van der Waals surface area (Å²) in [4.78, 5) is 22.4. The molecular weight excluding hydrogens is 218 g/mol. The van der Waals surface area contributed by atoms with Crippen molar-refractivity contribution in [3.8, 4) is 0 Å². The summed E-state index contributed by atoms with van der Waals surface area (Å²) >= 11 is 0. The van der Waals surface area contributed by atoms with E-state index in [-0.39, 0.29) is 12.3 Å². The zero-order chi connectivity index (χ0) is 13.1. The number of anilines is 1. The van der Waals surface area contributed by atoms with Gasteiger partial charge in [0.1, 0.15) is 0 Å². The monoisotopic (exact) mass is 235 g/mol. The van der Waals surface area contributed by atoms with E-state index in [1.54, 1.807) is 38.1 Å². The van der Waals surface area contributed by atoms with Gasteiger partial charge < -0.3 is 16.8 Å². The largest absolute Gasteiger partial charge is 0.366 e. The first-order chi connectivity index (χ1) is 7.78. The fraction of sp³-hybridized carbons (Fsp3) is 0.333. The zero-order valence-corrected chi connectivity index (χ0v) is 9.99. The molecule has 0 aliphatic carbocycles. The van der Waals surface area contributed by atoms with E-state index in [2.05, 4.69) is 5.32 Å². The van der Waals surface area contributed by atoms with Crippen LogP contribution in [0, 0.1) is 0 Å². The first-order valence-corrected chi connectivity index (χ1v) is 5.26. The van der Waals surface area contributed by atoms with Crippen molar-refractivity contribution < 1.29 is 9.59 Å². The summed E-state index contributed by atoms with van der Waals surface area (Å²) in [6.07, 6.45) is 0.227. The molecule has 0 unspecified atom stereocenters. The molecule has 0 aliphatic heterocycles. The maximum atomic E-state index is 11.6. The summed E-state index contributed by atoms with van der Waals surface area (Å²) in [6, 6.07) is 6.38. The van der Waals surface area contributed by atoms with E-state index in [0.29, 0.717) is 11.3 Å². The molecule has 1 aromatic rings. The van der Waals surface area contributed by atoms with Crippen molar-refractivity contribution in [2.45, 2.75) is 25.8 Å². The highest BCUT2D eigenvalue weighted by Gasteiger charge is 2.16. The molecule has 0 saturated heterocycles. The summed E-state index contributed by atoms with van der Waals surface area (Å²) < 4.78 is 0. The summed E-state index contributed by atoms with van der Waals surface area (Å²) in [5.74, 6) is -0.657. The number of benzene rings is 1. The molecule has 0 heterocycles. The SMILES string of the molecule is CC(C)(N)CC(=O)Nc1ccc(C(N)=O)cc1. The van der Waals surface area contributed by atoms with Crippen molar-refractivity contribution in [3.05, 3.63) is 29.8 Å². The lowest BCUT2D eigenvalue weighted by Crippen LogP contribution is -2.36. The number of primary amides is 1. The van der Waals surface area contributed by atoms with Gasteiger partial charge in [-0.3, -0.25) is 9.59 Å². The van der Waals surface area contributed by atoms with Crippen molar-refractivity contribution in [1.29, 1.82) is 0 Å². The van der Waals surface area contributed by atoms with Gasteiger partial charge in [-0.15, -0.1) is 0 Å². The zero-order valence-electron chi connectivity index (χ0n) is 9.99. The van der Waals surface area contributed by atoms with Crippen LogP contribution >= 0.6 is 0 Å². The summed E-state index contributed by atoms with van der Waals surface area (Å²) in [5.41, 5.74) is 11.3. The van der Waals surface area contributed by atoms with E-state index in [4.69, 9.17) is 11.5 Å². The number of nitrogens with one attached hydrogen (secondary N) is 1. The second-order valence-electron chi connectivity index (χ2n) is 4.66.